The normalized spacial score (nSPS) is 11.8. The van der Waals surface area contributed by atoms with E-state index in [9.17, 15) is 22.7 Å². The fraction of sp³-hybridized carbons (Fsp3) is 0.167. The summed E-state index contributed by atoms with van der Waals surface area (Å²) in [5.74, 6) is -0.725. The van der Waals surface area contributed by atoms with Gasteiger partial charge < -0.3 is 9.63 Å². The maximum Gasteiger partial charge on any atom is 0.416 e. The summed E-state index contributed by atoms with van der Waals surface area (Å²) in [4.78, 5) is 0. The zero-order valence-corrected chi connectivity index (χ0v) is 13.3. The molecular formula is C18H13F4NO2. The highest BCUT2D eigenvalue weighted by Crippen LogP contribution is 2.41. The van der Waals surface area contributed by atoms with Gasteiger partial charge in [0.25, 0.3) is 0 Å². The number of benzene rings is 2. The zero-order chi connectivity index (χ0) is 18.4. The number of hydrogen-bond donors (Lipinski definition) is 1. The second-order valence-corrected chi connectivity index (χ2v) is 5.62. The number of phenols is 1. The molecule has 0 bridgehead atoms. The number of nitrogens with zero attached hydrogens (tertiary/aromatic N) is 1. The number of aromatic hydroxyl groups is 1. The van der Waals surface area contributed by atoms with E-state index in [0.29, 0.717) is 22.6 Å². The van der Waals surface area contributed by atoms with Crippen molar-refractivity contribution in [3.8, 4) is 28.0 Å². The third-order valence-corrected chi connectivity index (χ3v) is 3.89. The summed E-state index contributed by atoms with van der Waals surface area (Å²) < 4.78 is 58.7. The van der Waals surface area contributed by atoms with Crippen molar-refractivity contribution >= 4 is 0 Å². The van der Waals surface area contributed by atoms with Crippen LogP contribution < -0.4 is 0 Å². The number of aryl methyl sites for hydroxylation is 2. The zero-order valence-electron chi connectivity index (χ0n) is 13.3. The lowest BCUT2D eigenvalue weighted by Crippen LogP contribution is -2.05. The van der Waals surface area contributed by atoms with Crippen molar-refractivity contribution in [3.05, 3.63) is 59.2 Å². The average Bonchev–Trinajstić information content (AvgIpc) is 2.85. The fourth-order valence-electron chi connectivity index (χ4n) is 2.75. The molecule has 25 heavy (non-hydrogen) atoms. The van der Waals surface area contributed by atoms with Crippen LogP contribution in [-0.4, -0.2) is 10.3 Å². The van der Waals surface area contributed by atoms with E-state index < -0.39 is 17.6 Å². The second kappa shape index (κ2) is 5.91. The summed E-state index contributed by atoms with van der Waals surface area (Å²) in [6.45, 7) is 3.28. The molecule has 1 N–H and O–H groups in total. The van der Waals surface area contributed by atoms with E-state index >= 15 is 0 Å². The molecule has 1 heterocycles. The van der Waals surface area contributed by atoms with Crippen molar-refractivity contribution in [3.63, 3.8) is 0 Å². The maximum atomic E-state index is 14.3. The van der Waals surface area contributed by atoms with Crippen LogP contribution in [0.2, 0.25) is 0 Å². The minimum absolute atomic E-state index is 0.0433. The van der Waals surface area contributed by atoms with Gasteiger partial charge in [-0.25, -0.2) is 4.39 Å². The molecule has 0 radical (unpaired) electrons. The van der Waals surface area contributed by atoms with E-state index in [1.54, 1.807) is 13.8 Å². The quantitative estimate of drug-likeness (QED) is 0.621. The SMILES string of the molecule is Cc1noc(C)c1-c1ccc(C(F)(F)F)cc1-c1ccc(O)cc1F. The lowest BCUT2D eigenvalue weighted by Gasteiger charge is -2.15. The summed E-state index contributed by atoms with van der Waals surface area (Å²) in [6, 6.07) is 6.40. The highest BCUT2D eigenvalue weighted by Gasteiger charge is 2.32. The van der Waals surface area contributed by atoms with Crippen LogP contribution in [0.1, 0.15) is 17.0 Å². The Hall–Kier alpha value is -2.83. The predicted octanol–water partition coefficient (Wildman–Crippen LogP) is 5.49. The smallest absolute Gasteiger partial charge is 0.416 e. The Bertz CT molecular complexity index is 925. The van der Waals surface area contributed by atoms with Gasteiger partial charge in [0.05, 0.1) is 11.3 Å². The molecule has 1 aromatic heterocycles. The van der Waals surface area contributed by atoms with E-state index in [-0.39, 0.29) is 16.9 Å². The Labute approximate surface area is 140 Å². The van der Waals surface area contributed by atoms with Gasteiger partial charge in [-0.3, -0.25) is 0 Å². The first-order valence-corrected chi connectivity index (χ1v) is 7.32. The molecule has 0 fully saturated rings. The largest absolute Gasteiger partial charge is 0.508 e. The van der Waals surface area contributed by atoms with Gasteiger partial charge >= 0.3 is 6.18 Å². The Morgan fingerprint density at radius 2 is 1.64 bits per heavy atom. The number of phenolic OH excluding ortho intramolecular Hbond substituents is 1. The van der Waals surface area contributed by atoms with Crippen LogP contribution >= 0.6 is 0 Å². The molecule has 3 rings (SSSR count). The van der Waals surface area contributed by atoms with Gasteiger partial charge in [-0.1, -0.05) is 11.2 Å². The Morgan fingerprint density at radius 3 is 2.20 bits per heavy atom. The first kappa shape index (κ1) is 17.0. The first-order chi connectivity index (χ1) is 11.7. The van der Waals surface area contributed by atoms with Gasteiger partial charge in [0.2, 0.25) is 0 Å². The number of hydrogen-bond acceptors (Lipinski definition) is 3. The van der Waals surface area contributed by atoms with Gasteiger partial charge in [0.1, 0.15) is 17.3 Å². The van der Waals surface area contributed by atoms with Crippen molar-refractivity contribution in [2.45, 2.75) is 20.0 Å². The van der Waals surface area contributed by atoms with E-state index in [4.69, 9.17) is 4.52 Å². The second-order valence-electron chi connectivity index (χ2n) is 5.62. The summed E-state index contributed by atoms with van der Waals surface area (Å²) in [5, 5.41) is 13.2. The van der Waals surface area contributed by atoms with Crippen LogP contribution in [0.25, 0.3) is 22.3 Å². The molecule has 0 amide bonds. The minimum Gasteiger partial charge on any atom is -0.508 e. The lowest BCUT2D eigenvalue weighted by molar-refractivity contribution is -0.137. The molecule has 2 aromatic carbocycles. The minimum atomic E-state index is -4.57. The molecule has 0 spiro atoms. The van der Waals surface area contributed by atoms with E-state index in [1.807, 2.05) is 0 Å². The van der Waals surface area contributed by atoms with Crippen molar-refractivity contribution in [1.29, 1.82) is 0 Å². The first-order valence-electron chi connectivity index (χ1n) is 7.32. The number of halogens is 4. The number of alkyl halides is 3. The molecule has 0 saturated carbocycles. The van der Waals surface area contributed by atoms with E-state index in [0.717, 1.165) is 18.2 Å². The Kier molecular flexibility index (Phi) is 4.02. The lowest BCUT2D eigenvalue weighted by atomic mass is 9.91. The van der Waals surface area contributed by atoms with Crippen LogP contribution in [0, 0.1) is 19.7 Å². The number of rotatable bonds is 2. The molecular weight excluding hydrogens is 338 g/mol. The molecule has 0 aliphatic carbocycles. The summed E-state index contributed by atoms with van der Waals surface area (Å²) in [6.07, 6.45) is -4.57. The predicted molar refractivity (Wildman–Crippen MR) is 83.5 cm³/mol. The van der Waals surface area contributed by atoms with Crippen molar-refractivity contribution in [2.75, 3.05) is 0 Å². The molecule has 3 aromatic rings. The molecule has 0 atom stereocenters. The monoisotopic (exact) mass is 351 g/mol. The molecule has 0 aliphatic heterocycles. The molecule has 0 saturated heterocycles. The third kappa shape index (κ3) is 3.09. The highest BCUT2D eigenvalue weighted by atomic mass is 19.4. The van der Waals surface area contributed by atoms with Crippen LogP contribution in [0.3, 0.4) is 0 Å². The molecule has 130 valence electrons. The van der Waals surface area contributed by atoms with Gasteiger partial charge in [-0.15, -0.1) is 0 Å². The highest BCUT2D eigenvalue weighted by molar-refractivity contribution is 5.86. The van der Waals surface area contributed by atoms with Gasteiger partial charge in [-0.05, 0) is 49.2 Å². The molecule has 0 aliphatic rings. The standard InChI is InChI=1S/C18H13F4NO2/c1-9-17(10(2)25-23-9)14-5-3-11(18(20,21)22)7-15(14)13-6-4-12(24)8-16(13)19/h3-8,24H,1-2H3. The summed E-state index contributed by atoms with van der Waals surface area (Å²) in [5.41, 5.74) is 0.453. The van der Waals surface area contributed by atoms with Crippen molar-refractivity contribution in [1.82, 2.24) is 5.16 Å². The van der Waals surface area contributed by atoms with Crippen molar-refractivity contribution < 1.29 is 27.2 Å². The topological polar surface area (TPSA) is 46.3 Å². The van der Waals surface area contributed by atoms with Gasteiger partial charge in [0, 0.05) is 17.2 Å². The maximum absolute atomic E-state index is 14.3. The van der Waals surface area contributed by atoms with Crippen LogP contribution in [0.15, 0.2) is 40.9 Å². The fourth-order valence-corrected chi connectivity index (χ4v) is 2.75. The molecule has 7 heteroatoms. The number of aromatic nitrogens is 1. The van der Waals surface area contributed by atoms with E-state index in [1.165, 1.54) is 18.2 Å². The molecule has 3 nitrogen and oxygen atoms in total. The average molecular weight is 351 g/mol. The van der Waals surface area contributed by atoms with Crippen LogP contribution in [0.5, 0.6) is 5.75 Å². The van der Waals surface area contributed by atoms with Crippen molar-refractivity contribution in [2.24, 2.45) is 0 Å². The van der Waals surface area contributed by atoms with Crippen LogP contribution in [-0.2, 0) is 6.18 Å². The van der Waals surface area contributed by atoms with Gasteiger partial charge in [-0.2, -0.15) is 13.2 Å². The Morgan fingerprint density at radius 1 is 0.960 bits per heavy atom. The van der Waals surface area contributed by atoms with Crippen LogP contribution in [0.4, 0.5) is 17.6 Å². The summed E-state index contributed by atoms with van der Waals surface area (Å²) >= 11 is 0. The van der Waals surface area contributed by atoms with E-state index in [2.05, 4.69) is 5.16 Å². The third-order valence-electron chi connectivity index (χ3n) is 3.89. The summed E-state index contributed by atoms with van der Waals surface area (Å²) in [7, 11) is 0. The molecule has 0 unspecified atom stereocenters. The Balaban J connectivity index is 2.33. The van der Waals surface area contributed by atoms with Gasteiger partial charge in [0.15, 0.2) is 0 Å².